The molecule has 0 aliphatic heterocycles. The summed E-state index contributed by atoms with van der Waals surface area (Å²) in [6.07, 6.45) is 3.22. The van der Waals surface area contributed by atoms with Gasteiger partial charge < -0.3 is 4.42 Å². The van der Waals surface area contributed by atoms with Crippen molar-refractivity contribution in [3.8, 4) is 11.5 Å². The van der Waals surface area contributed by atoms with Gasteiger partial charge in [-0.15, -0.1) is 0 Å². The summed E-state index contributed by atoms with van der Waals surface area (Å²) in [6.45, 7) is 2.00. The van der Waals surface area contributed by atoms with Crippen LogP contribution in [-0.2, 0) is 0 Å². The molecule has 0 spiro atoms. The third kappa shape index (κ3) is 3.48. The monoisotopic (exact) mass is 355 g/mol. The number of carbonyl (C=O) groups is 1. The lowest BCUT2D eigenvalue weighted by atomic mass is 10.1. The minimum absolute atomic E-state index is 0.300. The van der Waals surface area contributed by atoms with E-state index in [0.717, 1.165) is 22.0 Å². The molecule has 0 atom stereocenters. The molecule has 0 fully saturated rings. The zero-order chi connectivity index (χ0) is 18.6. The van der Waals surface area contributed by atoms with Gasteiger partial charge in [-0.3, -0.25) is 4.79 Å². The molecule has 0 bridgehead atoms. The number of nitrogens with zero attached hydrogens (tertiary/aromatic N) is 2. The molecular weight excluding hydrogens is 338 g/mol. The largest absolute Gasteiger partial charge is 0.463 e. The molecule has 2 aromatic carbocycles. The summed E-state index contributed by atoms with van der Waals surface area (Å²) >= 11 is 0. The van der Waals surface area contributed by atoms with Gasteiger partial charge in [-0.25, -0.2) is 10.4 Å². The van der Waals surface area contributed by atoms with Crippen molar-refractivity contribution in [3.05, 3.63) is 89.7 Å². The van der Waals surface area contributed by atoms with E-state index in [2.05, 4.69) is 15.5 Å². The van der Waals surface area contributed by atoms with Crippen LogP contribution in [0.1, 0.15) is 21.5 Å². The molecule has 4 rings (SSSR count). The topological polar surface area (TPSA) is 67.5 Å². The first kappa shape index (κ1) is 16.7. The Hall–Kier alpha value is -3.73. The summed E-state index contributed by atoms with van der Waals surface area (Å²) in [6, 6.07) is 20.7. The number of benzene rings is 2. The molecule has 0 unspecified atom stereocenters. The molecule has 27 heavy (non-hydrogen) atoms. The average molecular weight is 355 g/mol. The highest BCUT2D eigenvalue weighted by Crippen LogP contribution is 2.25. The summed E-state index contributed by atoms with van der Waals surface area (Å²) in [5.74, 6) is 0.310. The van der Waals surface area contributed by atoms with Crippen LogP contribution in [0.3, 0.4) is 0 Å². The molecule has 0 aliphatic carbocycles. The lowest BCUT2D eigenvalue weighted by Gasteiger charge is -2.07. The Kier molecular flexibility index (Phi) is 4.49. The number of aromatic nitrogens is 1. The van der Waals surface area contributed by atoms with Gasteiger partial charge in [-0.2, -0.15) is 5.10 Å². The third-order valence-electron chi connectivity index (χ3n) is 4.29. The van der Waals surface area contributed by atoms with Gasteiger partial charge in [-0.1, -0.05) is 42.5 Å². The second-order valence-corrected chi connectivity index (χ2v) is 6.11. The van der Waals surface area contributed by atoms with Crippen LogP contribution in [0.2, 0.25) is 0 Å². The Morgan fingerprint density at radius 3 is 2.70 bits per heavy atom. The van der Waals surface area contributed by atoms with E-state index in [1.807, 2.05) is 61.5 Å². The average Bonchev–Trinajstić information content (AvgIpc) is 3.23. The van der Waals surface area contributed by atoms with Crippen LogP contribution < -0.4 is 5.43 Å². The summed E-state index contributed by atoms with van der Waals surface area (Å²) in [5, 5.41) is 4.87. The van der Waals surface area contributed by atoms with Crippen LogP contribution in [0.25, 0.3) is 22.4 Å². The van der Waals surface area contributed by atoms with Gasteiger partial charge in [0.1, 0.15) is 5.69 Å². The SMILES string of the molecule is Cc1ccccc1/C=N/NC(=O)c1cc(-c2ccco2)nc2ccccc12. The maximum absolute atomic E-state index is 12.8. The van der Waals surface area contributed by atoms with Crippen molar-refractivity contribution in [2.24, 2.45) is 5.10 Å². The summed E-state index contributed by atoms with van der Waals surface area (Å²) in [5.41, 5.74) is 6.47. The Bertz CT molecular complexity index is 1130. The predicted octanol–water partition coefficient (Wildman–Crippen LogP) is 4.57. The van der Waals surface area contributed by atoms with Gasteiger partial charge in [0.15, 0.2) is 5.76 Å². The van der Waals surface area contributed by atoms with Crippen molar-refractivity contribution < 1.29 is 9.21 Å². The summed E-state index contributed by atoms with van der Waals surface area (Å²) in [4.78, 5) is 17.4. The zero-order valence-corrected chi connectivity index (χ0v) is 14.7. The van der Waals surface area contributed by atoms with Gasteiger partial charge in [-0.05, 0) is 42.3 Å². The van der Waals surface area contributed by atoms with Gasteiger partial charge in [0.05, 0.1) is 23.6 Å². The van der Waals surface area contributed by atoms with Crippen LogP contribution in [0.5, 0.6) is 0 Å². The first-order valence-electron chi connectivity index (χ1n) is 8.55. The molecule has 4 aromatic rings. The quantitative estimate of drug-likeness (QED) is 0.431. The van der Waals surface area contributed by atoms with Gasteiger partial charge >= 0.3 is 0 Å². The van der Waals surface area contributed by atoms with E-state index in [9.17, 15) is 4.79 Å². The maximum Gasteiger partial charge on any atom is 0.272 e. The maximum atomic E-state index is 12.8. The molecule has 0 radical (unpaired) electrons. The molecule has 2 aromatic heterocycles. The number of hydrazone groups is 1. The fraction of sp³-hybridized carbons (Fsp3) is 0.0455. The number of rotatable bonds is 4. The highest BCUT2D eigenvalue weighted by molar-refractivity contribution is 6.07. The van der Waals surface area contributed by atoms with Crippen LogP contribution in [0.15, 0.2) is 82.5 Å². The normalized spacial score (nSPS) is 11.1. The van der Waals surface area contributed by atoms with E-state index in [0.29, 0.717) is 17.0 Å². The Labute approximate surface area is 156 Å². The molecule has 5 heteroatoms. The van der Waals surface area contributed by atoms with E-state index in [-0.39, 0.29) is 5.91 Å². The number of aryl methyl sites for hydroxylation is 1. The third-order valence-corrected chi connectivity index (χ3v) is 4.29. The number of pyridine rings is 1. The predicted molar refractivity (Wildman–Crippen MR) is 106 cm³/mol. The van der Waals surface area contributed by atoms with E-state index in [4.69, 9.17) is 4.42 Å². The van der Waals surface area contributed by atoms with E-state index >= 15 is 0 Å². The summed E-state index contributed by atoms with van der Waals surface area (Å²) in [7, 11) is 0. The molecule has 1 N–H and O–H groups in total. The zero-order valence-electron chi connectivity index (χ0n) is 14.7. The first-order valence-corrected chi connectivity index (χ1v) is 8.55. The van der Waals surface area contributed by atoms with Crippen molar-refractivity contribution >= 4 is 23.0 Å². The van der Waals surface area contributed by atoms with Crippen molar-refractivity contribution in [2.45, 2.75) is 6.92 Å². The number of amides is 1. The van der Waals surface area contributed by atoms with Crippen molar-refractivity contribution in [3.63, 3.8) is 0 Å². The Balaban J connectivity index is 1.67. The van der Waals surface area contributed by atoms with Gasteiger partial charge in [0.2, 0.25) is 0 Å². The van der Waals surface area contributed by atoms with Crippen LogP contribution in [0, 0.1) is 6.92 Å². The number of para-hydroxylation sites is 1. The molecule has 5 nitrogen and oxygen atoms in total. The fourth-order valence-electron chi connectivity index (χ4n) is 2.87. The van der Waals surface area contributed by atoms with E-state index in [1.165, 1.54) is 0 Å². The molecule has 2 heterocycles. The van der Waals surface area contributed by atoms with Crippen LogP contribution in [-0.4, -0.2) is 17.1 Å². The smallest absolute Gasteiger partial charge is 0.272 e. The number of nitrogens with one attached hydrogen (secondary N) is 1. The minimum atomic E-state index is -0.300. The lowest BCUT2D eigenvalue weighted by Crippen LogP contribution is -2.18. The molecule has 1 amide bonds. The second kappa shape index (κ2) is 7.25. The van der Waals surface area contributed by atoms with Crippen molar-refractivity contribution in [1.82, 2.24) is 10.4 Å². The molecular formula is C22H17N3O2. The van der Waals surface area contributed by atoms with Gasteiger partial charge in [0, 0.05) is 5.39 Å². The number of fused-ring (bicyclic) bond motifs is 1. The Morgan fingerprint density at radius 2 is 1.89 bits per heavy atom. The molecule has 0 aliphatic rings. The minimum Gasteiger partial charge on any atom is -0.463 e. The first-order chi connectivity index (χ1) is 13.2. The van der Waals surface area contributed by atoms with Crippen LogP contribution in [0.4, 0.5) is 0 Å². The van der Waals surface area contributed by atoms with E-state index < -0.39 is 0 Å². The van der Waals surface area contributed by atoms with Crippen molar-refractivity contribution in [2.75, 3.05) is 0 Å². The van der Waals surface area contributed by atoms with Crippen LogP contribution >= 0.6 is 0 Å². The lowest BCUT2D eigenvalue weighted by molar-refractivity contribution is 0.0956. The highest BCUT2D eigenvalue weighted by Gasteiger charge is 2.14. The molecule has 0 saturated carbocycles. The molecule has 0 saturated heterocycles. The highest BCUT2D eigenvalue weighted by atomic mass is 16.3. The molecule has 132 valence electrons. The fourth-order valence-corrected chi connectivity index (χ4v) is 2.87. The Morgan fingerprint density at radius 1 is 1.07 bits per heavy atom. The van der Waals surface area contributed by atoms with Crippen molar-refractivity contribution in [1.29, 1.82) is 0 Å². The number of carbonyl (C=O) groups excluding carboxylic acids is 1. The van der Waals surface area contributed by atoms with E-state index in [1.54, 1.807) is 24.6 Å². The van der Waals surface area contributed by atoms with Gasteiger partial charge in [0.25, 0.3) is 5.91 Å². The number of hydrogen-bond acceptors (Lipinski definition) is 4. The number of furan rings is 1. The second-order valence-electron chi connectivity index (χ2n) is 6.11. The standard InChI is InChI=1S/C22H17N3O2/c1-15-7-2-3-8-16(15)14-23-25-22(26)18-13-20(21-11-6-12-27-21)24-19-10-5-4-9-17(18)19/h2-14H,1H3,(H,25,26)/b23-14+. The number of hydrogen-bond donors (Lipinski definition) is 1. The summed E-state index contributed by atoms with van der Waals surface area (Å²) < 4.78 is 5.43.